The zero-order valence-corrected chi connectivity index (χ0v) is 18.8. The van der Waals surface area contributed by atoms with Crippen molar-refractivity contribution >= 4 is 5.91 Å². The van der Waals surface area contributed by atoms with Crippen molar-refractivity contribution in [1.29, 1.82) is 0 Å². The molecule has 0 radical (unpaired) electrons. The fourth-order valence-electron chi connectivity index (χ4n) is 5.15. The van der Waals surface area contributed by atoms with E-state index in [4.69, 9.17) is 14.2 Å². The average molecular weight is 437 g/mol. The molecule has 2 aromatic carbocycles. The third kappa shape index (κ3) is 4.56. The summed E-state index contributed by atoms with van der Waals surface area (Å²) in [5.41, 5.74) is 3.20. The van der Waals surface area contributed by atoms with Crippen molar-refractivity contribution < 1.29 is 19.0 Å². The summed E-state index contributed by atoms with van der Waals surface area (Å²) in [6, 6.07) is 12.2. The second-order valence-electron chi connectivity index (χ2n) is 9.12. The highest BCUT2D eigenvalue weighted by atomic mass is 16.7. The normalized spacial score (nSPS) is 20.7. The molecule has 2 aromatic rings. The van der Waals surface area contributed by atoms with Crippen LogP contribution in [0.3, 0.4) is 0 Å². The molecule has 5 rings (SSSR count). The van der Waals surface area contributed by atoms with Crippen molar-refractivity contribution in [3.63, 3.8) is 0 Å². The maximum atomic E-state index is 13.2. The summed E-state index contributed by atoms with van der Waals surface area (Å²) in [7, 11) is 1.70. The molecule has 3 heterocycles. The van der Waals surface area contributed by atoms with Crippen LogP contribution in [0.15, 0.2) is 36.4 Å². The molecule has 1 unspecified atom stereocenters. The fraction of sp³-hybridized carbons (Fsp3) is 0.500. The van der Waals surface area contributed by atoms with Crippen LogP contribution in [-0.4, -0.2) is 62.3 Å². The predicted octanol–water partition coefficient (Wildman–Crippen LogP) is 3.77. The van der Waals surface area contributed by atoms with Crippen LogP contribution in [0.5, 0.6) is 17.2 Å². The number of amides is 1. The summed E-state index contributed by atoms with van der Waals surface area (Å²) in [5, 5.41) is 0. The lowest BCUT2D eigenvalue weighted by Gasteiger charge is -2.33. The molecule has 0 bridgehead atoms. The Kier molecular flexibility index (Phi) is 6.21. The van der Waals surface area contributed by atoms with E-state index in [0.717, 1.165) is 68.2 Å². The number of carbonyl (C=O) groups is 1. The molecule has 0 saturated carbocycles. The Morgan fingerprint density at radius 3 is 2.69 bits per heavy atom. The molecule has 0 spiro atoms. The molecule has 170 valence electrons. The molecule has 1 amide bonds. The Balaban J connectivity index is 1.19. The smallest absolute Gasteiger partial charge is 0.254 e. The van der Waals surface area contributed by atoms with Crippen LogP contribution in [0.4, 0.5) is 0 Å². The van der Waals surface area contributed by atoms with Crippen molar-refractivity contribution in [2.75, 3.05) is 46.6 Å². The van der Waals surface area contributed by atoms with Gasteiger partial charge in [0, 0.05) is 31.7 Å². The number of fused-ring (bicyclic) bond motifs is 2. The van der Waals surface area contributed by atoms with E-state index in [9.17, 15) is 4.79 Å². The average Bonchev–Trinajstić information content (AvgIpc) is 3.16. The number of hydrogen-bond acceptors (Lipinski definition) is 5. The summed E-state index contributed by atoms with van der Waals surface area (Å²) < 4.78 is 16.2. The van der Waals surface area contributed by atoms with Gasteiger partial charge in [-0.15, -0.1) is 0 Å². The number of carbonyl (C=O) groups excluding carboxylic acids is 1. The molecule has 6 nitrogen and oxygen atoms in total. The van der Waals surface area contributed by atoms with Crippen LogP contribution in [-0.2, 0) is 12.8 Å². The third-order valence-electron chi connectivity index (χ3n) is 6.97. The van der Waals surface area contributed by atoms with E-state index in [1.807, 2.05) is 24.3 Å². The number of ether oxygens (including phenoxy) is 3. The summed E-state index contributed by atoms with van der Waals surface area (Å²) in [6.45, 7) is 5.13. The van der Waals surface area contributed by atoms with Gasteiger partial charge in [0.05, 0.1) is 7.11 Å². The summed E-state index contributed by atoms with van der Waals surface area (Å²) >= 11 is 0. The summed E-state index contributed by atoms with van der Waals surface area (Å²) in [4.78, 5) is 17.9. The third-order valence-corrected chi connectivity index (χ3v) is 6.97. The first kappa shape index (κ1) is 21.1. The highest BCUT2D eigenvalue weighted by molar-refractivity contribution is 5.97. The summed E-state index contributed by atoms with van der Waals surface area (Å²) in [5.74, 6) is 3.02. The van der Waals surface area contributed by atoms with Gasteiger partial charge in [-0.2, -0.15) is 0 Å². The molecule has 0 aliphatic carbocycles. The molecule has 1 fully saturated rings. The largest absolute Gasteiger partial charge is 0.497 e. The fourth-order valence-corrected chi connectivity index (χ4v) is 5.15. The molecule has 3 aliphatic heterocycles. The summed E-state index contributed by atoms with van der Waals surface area (Å²) in [6.07, 6.45) is 5.59. The first-order valence-corrected chi connectivity index (χ1v) is 11.8. The number of methoxy groups -OCH3 is 1. The van der Waals surface area contributed by atoms with Crippen molar-refractivity contribution in [2.24, 2.45) is 5.92 Å². The van der Waals surface area contributed by atoms with Gasteiger partial charge < -0.3 is 24.0 Å². The van der Waals surface area contributed by atoms with E-state index in [1.165, 1.54) is 24.8 Å². The first-order valence-electron chi connectivity index (χ1n) is 11.8. The molecule has 1 atom stereocenters. The molecular formula is C26H32N2O4. The van der Waals surface area contributed by atoms with Gasteiger partial charge in [0.2, 0.25) is 6.79 Å². The van der Waals surface area contributed by atoms with Crippen molar-refractivity contribution in [3.8, 4) is 17.2 Å². The van der Waals surface area contributed by atoms with Gasteiger partial charge in [-0.05, 0) is 73.5 Å². The predicted molar refractivity (Wildman–Crippen MR) is 123 cm³/mol. The minimum Gasteiger partial charge on any atom is -0.497 e. The Bertz CT molecular complexity index is 959. The molecule has 6 heteroatoms. The first-order chi connectivity index (χ1) is 15.7. The maximum Gasteiger partial charge on any atom is 0.254 e. The topological polar surface area (TPSA) is 51.2 Å². The van der Waals surface area contributed by atoms with Gasteiger partial charge in [-0.1, -0.05) is 18.6 Å². The van der Waals surface area contributed by atoms with Gasteiger partial charge >= 0.3 is 0 Å². The lowest BCUT2D eigenvalue weighted by molar-refractivity contribution is 0.0695. The number of hydrogen-bond donors (Lipinski definition) is 0. The second-order valence-corrected chi connectivity index (χ2v) is 9.12. The lowest BCUT2D eigenvalue weighted by atomic mass is 9.96. The quantitative estimate of drug-likeness (QED) is 0.690. The molecular weight excluding hydrogens is 404 g/mol. The Labute approximate surface area is 190 Å². The van der Waals surface area contributed by atoms with Crippen molar-refractivity contribution in [2.45, 2.75) is 32.1 Å². The minimum absolute atomic E-state index is 0.138. The highest BCUT2D eigenvalue weighted by Gasteiger charge is 2.30. The second kappa shape index (κ2) is 9.41. The van der Waals surface area contributed by atoms with Gasteiger partial charge in [0.15, 0.2) is 11.5 Å². The lowest BCUT2D eigenvalue weighted by Crippen LogP contribution is -2.43. The monoisotopic (exact) mass is 436 g/mol. The number of benzene rings is 2. The van der Waals surface area contributed by atoms with Crippen LogP contribution in [0.1, 0.15) is 40.7 Å². The molecule has 0 aromatic heterocycles. The molecule has 1 saturated heterocycles. The van der Waals surface area contributed by atoms with Crippen LogP contribution >= 0.6 is 0 Å². The van der Waals surface area contributed by atoms with E-state index in [2.05, 4.69) is 21.9 Å². The maximum absolute atomic E-state index is 13.2. The van der Waals surface area contributed by atoms with Crippen LogP contribution in [0.25, 0.3) is 0 Å². The molecule has 0 N–H and O–H groups in total. The van der Waals surface area contributed by atoms with Gasteiger partial charge in [-0.3, -0.25) is 4.79 Å². The van der Waals surface area contributed by atoms with Crippen molar-refractivity contribution in [3.05, 3.63) is 53.1 Å². The minimum atomic E-state index is 0.138. The van der Waals surface area contributed by atoms with E-state index >= 15 is 0 Å². The Morgan fingerprint density at radius 2 is 1.88 bits per heavy atom. The van der Waals surface area contributed by atoms with Gasteiger partial charge in [-0.25, -0.2) is 0 Å². The zero-order valence-electron chi connectivity index (χ0n) is 18.8. The molecule has 3 aliphatic rings. The molecule has 32 heavy (non-hydrogen) atoms. The standard InChI is InChI=1S/C26H32N2O4/c1-30-22-7-5-19(6-8-22)9-12-27-11-3-2-4-20(16-27)17-28-13-10-21-14-24-25(32-18-31-24)15-23(21)26(28)29/h5-8,14-15,20H,2-4,9-13,16-18H2,1H3. The number of nitrogens with zero attached hydrogens (tertiary/aromatic N) is 2. The highest BCUT2D eigenvalue weighted by Crippen LogP contribution is 2.37. The van der Waals surface area contributed by atoms with Crippen LogP contribution < -0.4 is 14.2 Å². The van der Waals surface area contributed by atoms with E-state index in [-0.39, 0.29) is 12.7 Å². The number of likely N-dealkylation sites (tertiary alicyclic amines) is 1. The van der Waals surface area contributed by atoms with E-state index in [0.29, 0.717) is 11.7 Å². The van der Waals surface area contributed by atoms with Gasteiger partial charge in [0.25, 0.3) is 5.91 Å². The Hall–Kier alpha value is -2.73. The van der Waals surface area contributed by atoms with Crippen molar-refractivity contribution in [1.82, 2.24) is 9.80 Å². The SMILES string of the molecule is COc1ccc(CCN2CCCCC(CN3CCc4cc5c(cc4C3=O)OCO5)C2)cc1. The van der Waals surface area contributed by atoms with E-state index in [1.54, 1.807) is 7.11 Å². The zero-order chi connectivity index (χ0) is 21.9. The van der Waals surface area contributed by atoms with Crippen LogP contribution in [0, 0.1) is 5.92 Å². The van der Waals surface area contributed by atoms with Crippen LogP contribution in [0.2, 0.25) is 0 Å². The van der Waals surface area contributed by atoms with Gasteiger partial charge in [0.1, 0.15) is 5.75 Å². The Morgan fingerprint density at radius 1 is 1.06 bits per heavy atom. The number of rotatable bonds is 6. The van der Waals surface area contributed by atoms with E-state index < -0.39 is 0 Å².